The molecule has 6 heteroatoms. The Morgan fingerprint density at radius 1 is 1.64 bits per heavy atom. The topological polar surface area (TPSA) is 40.0 Å². The summed E-state index contributed by atoms with van der Waals surface area (Å²) >= 11 is 11.7. The molecule has 58 valence electrons. The zero-order chi connectivity index (χ0) is 7.90. The van der Waals surface area contributed by atoms with Crippen molar-refractivity contribution in [2.24, 2.45) is 9.98 Å². The van der Waals surface area contributed by atoms with Gasteiger partial charge in [0.15, 0.2) is 0 Å². The molecule has 0 bridgehead atoms. The fraction of sp³-hybridized carbons (Fsp3) is 0.200. The number of fused-ring (bicyclic) bond motifs is 1. The summed E-state index contributed by atoms with van der Waals surface area (Å²) < 4.78 is 1.21. The van der Waals surface area contributed by atoms with E-state index in [4.69, 9.17) is 23.4 Å². The molecule has 0 aromatic rings. The first kappa shape index (κ1) is 6.94. The van der Waals surface area contributed by atoms with Crippen LogP contribution in [-0.2, 0) is 0 Å². The first-order chi connectivity index (χ1) is 5.23. The van der Waals surface area contributed by atoms with Crippen LogP contribution < -0.4 is 5.32 Å². The molecule has 0 saturated heterocycles. The van der Waals surface area contributed by atoms with E-state index in [9.17, 15) is 0 Å². The number of nitrogens with zero attached hydrogens (tertiary/aromatic N) is 3. The van der Waals surface area contributed by atoms with Crippen LogP contribution in [0, 0.1) is 0 Å². The largest absolute Gasteiger partial charge is 0.344 e. The van der Waals surface area contributed by atoms with E-state index in [1.807, 2.05) is 0 Å². The number of aliphatic imine (C=N–C) groups is 2. The lowest BCUT2D eigenvalue weighted by molar-refractivity contribution is 0.485. The van der Waals surface area contributed by atoms with Crippen LogP contribution in [0.5, 0.6) is 0 Å². The van der Waals surface area contributed by atoms with Crippen LogP contribution in [-0.4, -0.2) is 22.2 Å². The van der Waals surface area contributed by atoms with Gasteiger partial charge in [-0.3, -0.25) is 0 Å². The number of halogens is 2. The van der Waals surface area contributed by atoms with Crippen molar-refractivity contribution < 1.29 is 0 Å². The molecule has 1 N–H and O–H groups in total. The molecule has 1 atom stereocenters. The third-order valence-corrected chi connectivity index (χ3v) is 2.35. The second kappa shape index (κ2) is 2.12. The molecule has 2 aliphatic heterocycles. The Morgan fingerprint density at radius 3 is 3.18 bits per heavy atom. The van der Waals surface area contributed by atoms with Crippen molar-refractivity contribution in [3.05, 3.63) is 11.9 Å². The summed E-state index contributed by atoms with van der Waals surface area (Å²) in [7, 11) is 0. The number of alkyl halides is 1. The highest BCUT2D eigenvalue weighted by Crippen LogP contribution is 2.34. The molecule has 11 heavy (non-hydrogen) atoms. The van der Waals surface area contributed by atoms with Gasteiger partial charge in [0.2, 0.25) is 0 Å². The molecule has 4 nitrogen and oxygen atoms in total. The van der Waals surface area contributed by atoms with E-state index in [1.54, 1.807) is 6.20 Å². The number of rotatable bonds is 0. The molecular formula is C5H4Cl2N4. The first-order valence-corrected chi connectivity index (χ1v) is 3.63. The molecule has 2 heterocycles. The Hall–Kier alpha value is -0.740. The maximum absolute atomic E-state index is 6.00. The molecule has 1 unspecified atom stereocenters. The van der Waals surface area contributed by atoms with Crippen molar-refractivity contribution in [2.75, 3.05) is 0 Å². The molecule has 0 aliphatic carbocycles. The van der Waals surface area contributed by atoms with Crippen LogP contribution in [0.2, 0.25) is 0 Å². The van der Waals surface area contributed by atoms with Crippen molar-refractivity contribution in [2.45, 2.75) is 5.12 Å². The van der Waals surface area contributed by atoms with E-state index in [2.05, 4.69) is 15.3 Å². The zero-order valence-electron chi connectivity index (χ0n) is 5.33. The fourth-order valence-electron chi connectivity index (χ4n) is 0.881. The summed E-state index contributed by atoms with van der Waals surface area (Å²) in [5, 5.41) is 1.82. The summed E-state index contributed by atoms with van der Waals surface area (Å²) in [6.45, 7) is 0. The van der Waals surface area contributed by atoms with Gasteiger partial charge in [0.25, 0.3) is 5.12 Å². The highest BCUT2D eigenvalue weighted by Gasteiger charge is 2.41. The van der Waals surface area contributed by atoms with E-state index in [-0.39, 0.29) is 0 Å². The standard InChI is InChI=1S/C5H4Cl2N4/c6-5-4(9-2-10-5)1-8-3-11(5)7/h1-3H,(H,9,10). The summed E-state index contributed by atoms with van der Waals surface area (Å²) in [6, 6.07) is 0. The predicted molar refractivity (Wildman–Crippen MR) is 44.5 cm³/mol. The van der Waals surface area contributed by atoms with Gasteiger partial charge < -0.3 is 5.32 Å². The fourth-order valence-corrected chi connectivity index (χ4v) is 1.26. The third-order valence-electron chi connectivity index (χ3n) is 1.45. The van der Waals surface area contributed by atoms with E-state index < -0.39 is 5.12 Å². The van der Waals surface area contributed by atoms with Gasteiger partial charge in [0.1, 0.15) is 12.0 Å². The van der Waals surface area contributed by atoms with Crippen molar-refractivity contribution >= 4 is 36.1 Å². The summed E-state index contributed by atoms with van der Waals surface area (Å²) in [6.07, 6.45) is 4.48. The van der Waals surface area contributed by atoms with Crippen LogP contribution in [0.1, 0.15) is 0 Å². The Kier molecular flexibility index (Phi) is 1.34. The van der Waals surface area contributed by atoms with Gasteiger partial charge in [-0.05, 0) is 0 Å². The minimum absolute atomic E-state index is 0.664. The molecule has 0 spiro atoms. The van der Waals surface area contributed by atoms with E-state index >= 15 is 0 Å². The highest BCUT2D eigenvalue weighted by atomic mass is 35.5. The van der Waals surface area contributed by atoms with Gasteiger partial charge >= 0.3 is 0 Å². The molecule has 0 saturated carbocycles. The number of nitrogens with one attached hydrogen (secondary N) is 1. The lowest BCUT2D eigenvalue weighted by atomic mass is 10.3. The van der Waals surface area contributed by atoms with E-state index in [0.717, 1.165) is 0 Å². The first-order valence-electron chi connectivity index (χ1n) is 2.92. The highest BCUT2D eigenvalue weighted by molar-refractivity contribution is 6.33. The van der Waals surface area contributed by atoms with Crippen molar-refractivity contribution in [1.29, 1.82) is 0 Å². The number of hydrogen-bond donors (Lipinski definition) is 1. The average Bonchev–Trinajstić information content (AvgIpc) is 2.34. The molecule has 0 fully saturated rings. The molecular weight excluding hydrogens is 187 g/mol. The monoisotopic (exact) mass is 190 g/mol. The van der Waals surface area contributed by atoms with Gasteiger partial charge in [-0.2, -0.15) is 0 Å². The average molecular weight is 191 g/mol. The summed E-state index contributed by atoms with van der Waals surface area (Å²) in [5.41, 5.74) is 0.664. The predicted octanol–water partition coefficient (Wildman–Crippen LogP) is 0.850. The third kappa shape index (κ3) is 0.829. The van der Waals surface area contributed by atoms with Gasteiger partial charge in [0, 0.05) is 11.8 Å². The quantitative estimate of drug-likeness (QED) is 0.350. The van der Waals surface area contributed by atoms with Crippen molar-refractivity contribution in [1.82, 2.24) is 9.74 Å². The smallest absolute Gasteiger partial charge is 0.267 e. The molecule has 0 aromatic heterocycles. The SMILES string of the molecule is ClN1C=NC=C2NC=NC21Cl. The Balaban J connectivity index is 2.44. The lowest BCUT2D eigenvalue weighted by Crippen LogP contribution is -2.39. The number of hydrogen-bond acceptors (Lipinski definition) is 4. The van der Waals surface area contributed by atoms with Crippen molar-refractivity contribution in [3.63, 3.8) is 0 Å². The van der Waals surface area contributed by atoms with Crippen LogP contribution in [0.25, 0.3) is 0 Å². The second-order valence-electron chi connectivity index (χ2n) is 2.11. The van der Waals surface area contributed by atoms with Crippen LogP contribution in [0.3, 0.4) is 0 Å². The lowest BCUT2D eigenvalue weighted by Gasteiger charge is -2.27. The maximum atomic E-state index is 6.00. The summed E-state index contributed by atoms with van der Waals surface area (Å²) in [5.74, 6) is 0. The minimum Gasteiger partial charge on any atom is -0.344 e. The van der Waals surface area contributed by atoms with Gasteiger partial charge in [-0.1, -0.05) is 11.6 Å². The summed E-state index contributed by atoms with van der Waals surface area (Å²) in [4.78, 5) is 7.76. The molecule has 0 aromatic carbocycles. The normalized spacial score (nSPS) is 33.3. The second-order valence-corrected chi connectivity index (χ2v) is 3.00. The maximum Gasteiger partial charge on any atom is 0.267 e. The minimum atomic E-state index is -1.01. The molecule has 2 rings (SSSR count). The van der Waals surface area contributed by atoms with Crippen LogP contribution >= 0.6 is 23.4 Å². The zero-order valence-corrected chi connectivity index (χ0v) is 6.84. The Labute approximate surface area is 73.3 Å². The van der Waals surface area contributed by atoms with Gasteiger partial charge in [-0.15, -0.1) is 0 Å². The van der Waals surface area contributed by atoms with Crippen molar-refractivity contribution in [3.8, 4) is 0 Å². The molecule has 0 amide bonds. The Morgan fingerprint density at radius 2 is 2.45 bits per heavy atom. The molecule has 2 aliphatic rings. The Bertz CT molecular complexity index is 272. The van der Waals surface area contributed by atoms with Crippen LogP contribution in [0.4, 0.5) is 0 Å². The van der Waals surface area contributed by atoms with Gasteiger partial charge in [-0.25, -0.2) is 14.4 Å². The van der Waals surface area contributed by atoms with Gasteiger partial charge in [0.05, 0.1) is 12.5 Å². The van der Waals surface area contributed by atoms with E-state index in [1.165, 1.54) is 17.1 Å². The van der Waals surface area contributed by atoms with Crippen LogP contribution in [0.15, 0.2) is 21.9 Å². The molecule has 0 radical (unpaired) electrons. The van der Waals surface area contributed by atoms with E-state index in [0.29, 0.717) is 5.70 Å².